The highest BCUT2D eigenvalue weighted by atomic mass is 16.3. The number of hydrogen-bond donors (Lipinski definition) is 2. The summed E-state index contributed by atoms with van der Waals surface area (Å²) < 4.78 is 0. The number of amides is 1. The fourth-order valence-corrected chi connectivity index (χ4v) is 1.84. The number of aliphatic hydroxyl groups is 1. The van der Waals surface area contributed by atoms with Crippen molar-refractivity contribution in [1.82, 2.24) is 4.90 Å². The van der Waals surface area contributed by atoms with E-state index in [4.69, 9.17) is 0 Å². The highest BCUT2D eigenvalue weighted by Gasteiger charge is 2.28. The molecule has 0 aliphatic heterocycles. The quantitative estimate of drug-likeness (QED) is 0.841. The SMILES string of the molecule is CCCNc1ccc(C(=O)N(C)C(C)(C)CO)c(C)c1. The fourth-order valence-electron chi connectivity index (χ4n) is 1.84. The number of nitrogens with one attached hydrogen (secondary N) is 1. The second-order valence-corrected chi connectivity index (χ2v) is 5.79. The smallest absolute Gasteiger partial charge is 0.254 e. The first kappa shape index (κ1) is 16.5. The molecule has 0 aliphatic rings. The summed E-state index contributed by atoms with van der Waals surface area (Å²) in [6.45, 7) is 8.59. The number of carbonyl (C=O) groups is 1. The van der Waals surface area contributed by atoms with Gasteiger partial charge in [0.15, 0.2) is 0 Å². The Morgan fingerprint density at radius 2 is 2.05 bits per heavy atom. The molecule has 0 aliphatic carbocycles. The lowest BCUT2D eigenvalue weighted by Gasteiger charge is -2.34. The highest BCUT2D eigenvalue weighted by molar-refractivity contribution is 5.96. The van der Waals surface area contributed by atoms with Gasteiger partial charge >= 0.3 is 0 Å². The standard InChI is InChI=1S/C16H26N2O2/c1-6-9-17-13-7-8-14(12(2)10-13)15(20)18(5)16(3,4)11-19/h7-8,10,17,19H,6,9,11H2,1-5H3. The maximum Gasteiger partial charge on any atom is 0.254 e. The molecule has 0 saturated carbocycles. The van der Waals surface area contributed by atoms with E-state index < -0.39 is 5.54 Å². The third-order valence-corrected chi connectivity index (χ3v) is 3.64. The summed E-state index contributed by atoms with van der Waals surface area (Å²) in [4.78, 5) is 14.1. The van der Waals surface area contributed by atoms with Crippen LogP contribution in [0, 0.1) is 6.92 Å². The summed E-state index contributed by atoms with van der Waals surface area (Å²) in [6, 6.07) is 5.76. The molecule has 2 N–H and O–H groups in total. The monoisotopic (exact) mass is 278 g/mol. The summed E-state index contributed by atoms with van der Waals surface area (Å²) in [5.41, 5.74) is 2.08. The number of carbonyl (C=O) groups excluding carboxylic acids is 1. The molecular formula is C16H26N2O2. The Labute approximate surface area is 121 Å². The van der Waals surface area contributed by atoms with E-state index >= 15 is 0 Å². The number of nitrogens with zero attached hydrogens (tertiary/aromatic N) is 1. The van der Waals surface area contributed by atoms with Gasteiger partial charge in [0.05, 0.1) is 12.1 Å². The molecule has 0 unspecified atom stereocenters. The average Bonchev–Trinajstić information content (AvgIpc) is 2.43. The minimum Gasteiger partial charge on any atom is -0.394 e. The molecule has 4 heteroatoms. The van der Waals surface area contributed by atoms with Gasteiger partial charge in [0.25, 0.3) is 5.91 Å². The molecular weight excluding hydrogens is 252 g/mol. The molecule has 1 aromatic carbocycles. The van der Waals surface area contributed by atoms with E-state index in [0.29, 0.717) is 5.56 Å². The third kappa shape index (κ3) is 3.73. The van der Waals surface area contributed by atoms with Crippen molar-refractivity contribution in [2.24, 2.45) is 0 Å². The number of rotatable bonds is 6. The van der Waals surface area contributed by atoms with Gasteiger partial charge in [-0.2, -0.15) is 0 Å². The van der Waals surface area contributed by atoms with Crippen LogP contribution in [-0.2, 0) is 0 Å². The van der Waals surface area contributed by atoms with Crippen molar-refractivity contribution in [1.29, 1.82) is 0 Å². The van der Waals surface area contributed by atoms with Crippen LogP contribution in [0.15, 0.2) is 18.2 Å². The van der Waals surface area contributed by atoms with Crippen LogP contribution in [0.2, 0.25) is 0 Å². The molecule has 20 heavy (non-hydrogen) atoms. The molecule has 0 atom stereocenters. The topological polar surface area (TPSA) is 52.6 Å². The Kier molecular flexibility index (Phi) is 5.57. The Morgan fingerprint density at radius 1 is 1.40 bits per heavy atom. The van der Waals surface area contributed by atoms with Gasteiger partial charge in [0.1, 0.15) is 0 Å². The van der Waals surface area contributed by atoms with E-state index in [1.165, 1.54) is 0 Å². The van der Waals surface area contributed by atoms with Crippen molar-refractivity contribution in [3.05, 3.63) is 29.3 Å². The molecule has 0 heterocycles. The van der Waals surface area contributed by atoms with Crippen LogP contribution < -0.4 is 5.32 Å². The Hall–Kier alpha value is -1.55. The van der Waals surface area contributed by atoms with Crippen LogP contribution in [0.3, 0.4) is 0 Å². The van der Waals surface area contributed by atoms with Gasteiger partial charge in [0.2, 0.25) is 0 Å². The summed E-state index contributed by atoms with van der Waals surface area (Å²) in [5, 5.41) is 12.7. The lowest BCUT2D eigenvalue weighted by Crippen LogP contribution is -2.47. The van der Waals surface area contributed by atoms with Crippen molar-refractivity contribution < 1.29 is 9.90 Å². The van der Waals surface area contributed by atoms with Crippen molar-refractivity contribution >= 4 is 11.6 Å². The molecule has 1 aromatic rings. The Balaban J connectivity index is 2.94. The molecule has 0 aromatic heterocycles. The Bertz CT molecular complexity index is 470. The zero-order chi connectivity index (χ0) is 15.3. The minimum atomic E-state index is -0.567. The van der Waals surface area contributed by atoms with Gasteiger partial charge in [-0.05, 0) is 51.0 Å². The first-order chi connectivity index (χ1) is 9.33. The maximum atomic E-state index is 12.5. The van der Waals surface area contributed by atoms with Gasteiger partial charge in [-0.1, -0.05) is 6.92 Å². The number of hydrogen-bond acceptors (Lipinski definition) is 3. The summed E-state index contributed by atoms with van der Waals surface area (Å²) in [7, 11) is 1.72. The van der Waals surface area contributed by atoms with E-state index in [1.807, 2.05) is 39.0 Å². The van der Waals surface area contributed by atoms with Gasteiger partial charge < -0.3 is 15.3 Å². The highest BCUT2D eigenvalue weighted by Crippen LogP contribution is 2.20. The van der Waals surface area contributed by atoms with Crippen LogP contribution in [0.4, 0.5) is 5.69 Å². The van der Waals surface area contributed by atoms with Crippen molar-refractivity contribution in [2.45, 2.75) is 39.7 Å². The zero-order valence-corrected chi connectivity index (χ0v) is 13.2. The first-order valence-corrected chi connectivity index (χ1v) is 7.07. The second-order valence-electron chi connectivity index (χ2n) is 5.79. The average molecular weight is 278 g/mol. The number of aliphatic hydroxyl groups excluding tert-OH is 1. The summed E-state index contributed by atoms with van der Waals surface area (Å²) in [6.07, 6.45) is 1.06. The molecule has 112 valence electrons. The van der Waals surface area contributed by atoms with Crippen LogP contribution in [-0.4, -0.2) is 41.7 Å². The predicted molar refractivity (Wildman–Crippen MR) is 83.2 cm³/mol. The molecule has 0 spiro atoms. The molecule has 0 radical (unpaired) electrons. The van der Waals surface area contributed by atoms with Gasteiger partial charge in [-0.3, -0.25) is 4.79 Å². The predicted octanol–water partition coefficient (Wildman–Crippen LogP) is 2.66. The lowest BCUT2D eigenvalue weighted by atomic mass is 10.0. The molecule has 4 nitrogen and oxygen atoms in total. The third-order valence-electron chi connectivity index (χ3n) is 3.64. The van der Waals surface area contributed by atoms with Gasteiger partial charge in [-0.15, -0.1) is 0 Å². The van der Waals surface area contributed by atoms with Crippen molar-refractivity contribution in [3.8, 4) is 0 Å². The normalized spacial score (nSPS) is 11.3. The number of anilines is 1. The fraction of sp³-hybridized carbons (Fsp3) is 0.562. The molecule has 1 amide bonds. The molecule has 0 bridgehead atoms. The molecule has 1 rings (SSSR count). The van der Waals surface area contributed by atoms with Crippen LogP contribution in [0.1, 0.15) is 43.1 Å². The van der Waals surface area contributed by atoms with Crippen molar-refractivity contribution in [2.75, 3.05) is 25.5 Å². The van der Waals surface area contributed by atoms with Gasteiger partial charge in [-0.25, -0.2) is 0 Å². The minimum absolute atomic E-state index is 0.0651. The number of benzene rings is 1. The zero-order valence-electron chi connectivity index (χ0n) is 13.2. The van der Waals surface area contributed by atoms with Crippen LogP contribution in [0.5, 0.6) is 0 Å². The summed E-state index contributed by atoms with van der Waals surface area (Å²) in [5.74, 6) is -0.0661. The second kappa shape index (κ2) is 6.75. The van der Waals surface area contributed by atoms with Crippen LogP contribution in [0.25, 0.3) is 0 Å². The van der Waals surface area contributed by atoms with E-state index in [2.05, 4.69) is 12.2 Å². The van der Waals surface area contributed by atoms with Crippen LogP contribution >= 0.6 is 0 Å². The largest absolute Gasteiger partial charge is 0.394 e. The number of aryl methyl sites for hydroxylation is 1. The lowest BCUT2D eigenvalue weighted by molar-refractivity contribution is 0.0472. The van der Waals surface area contributed by atoms with E-state index in [0.717, 1.165) is 24.2 Å². The molecule has 0 saturated heterocycles. The molecule has 0 fully saturated rings. The summed E-state index contributed by atoms with van der Waals surface area (Å²) >= 11 is 0. The van der Waals surface area contributed by atoms with E-state index in [-0.39, 0.29) is 12.5 Å². The van der Waals surface area contributed by atoms with Gasteiger partial charge in [0, 0.05) is 24.8 Å². The first-order valence-electron chi connectivity index (χ1n) is 7.07. The number of likely N-dealkylation sites (N-methyl/N-ethyl adjacent to an activating group) is 1. The maximum absolute atomic E-state index is 12.5. The van der Waals surface area contributed by atoms with E-state index in [1.54, 1.807) is 11.9 Å². The Morgan fingerprint density at radius 3 is 2.55 bits per heavy atom. The van der Waals surface area contributed by atoms with Crippen molar-refractivity contribution in [3.63, 3.8) is 0 Å². The van der Waals surface area contributed by atoms with E-state index in [9.17, 15) is 9.90 Å².